The van der Waals surface area contributed by atoms with Gasteiger partial charge in [0.25, 0.3) is 0 Å². The molecule has 1 aromatic heterocycles. The van der Waals surface area contributed by atoms with Crippen LogP contribution in [0.3, 0.4) is 0 Å². The van der Waals surface area contributed by atoms with Crippen molar-refractivity contribution in [2.75, 3.05) is 0 Å². The lowest BCUT2D eigenvalue weighted by Crippen LogP contribution is -2.62. The summed E-state index contributed by atoms with van der Waals surface area (Å²) in [6.45, 7) is 26.6. The number of ether oxygens (including phenoxy) is 5. The fraction of sp³-hybridized carbons (Fsp3) is 0.778. The van der Waals surface area contributed by atoms with Crippen LogP contribution in [0.15, 0.2) is 42.6 Å². The Morgan fingerprint density at radius 3 is 2.19 bits per heavy atom. The van der Waals surface area contributed by atoms with E-state index in [1.165, 1.54) is 5.56 Å². The second-order valence-electron chi connectivity index (χ2n) is 22.8. The number of nitrogens with zero attached hydrogens (tertiary/aromatic N) is 3. The standard InChI is InChI=1S/C54H83N3O10/c1-14-39(49(60)61)42-22-17-31(4)47(64-42)35(8)45(58)34(7)46(59)40(15-2)48-32(5)29-33(6)53(65-48)26-23-43(57-30-41(55-56-57)37-18-20-38(21-19-37)50(10,11)12)54(67-53)28-27-51(13,66-54)44-24-25-52(62,16-3)36(9)63-44/h18-21,23,26,30-36,39-40,42-45,47-48,58,62H,14-17,22,24-25,27-29H2,1-13H3,(H,60,61)/t31-,32-,33+,34-,35-,36-,39+,40-,42+,43-,44+,45+,47+,48-,51-,52+,53-,54-/m0/s1. The fourth-order valence-corrected chi connectivity index (χ4v) is 12.5. The molecule has 7 rings (SSSR count). The van der Waals surface area contributed by atoms with E-state index in [-0.39, 0.29) is 47.3 Å². The summed E-state index contributed by atoms with van der Waals surface area (Å²) in [4.78, 5) is 26.9. The van der Waals surface area contributed by atoms with Crippen LogP contribution in [0.2, 0.25) is 0 Å². The Kier molecular flexibility index (Phi) is 15.2. The predicted molar refractivity (Wildman–Crippen MR) is 256 cm³/mol. The van der Waals surface area contributed by atoms with Gasteiger partial charge in [-0.2, -0.15) is 0 Å². The number of aliphatic hydroxyl groups is 2. The van der Waals surface area contributed by atoms with E-state index in [0.717, 1.165) is 24.1 Å². The molecule has 3 N–H and O–H groups in total. The van der Waals surface area contributed by atoms with E-state index in [1.807, 2.05) is 51.6 Å². The third-order valence-electron chi connectivity index (χ3n) is 17.3. The summed E-state index contributed by atoms with van der Waals surface area (Å²) >= 11 is 0. The molecule has 4 saturated heterocycles. The largest absolute Gasteiger partial charge is 0.481 e. The first-order valence-electron chi connectivity index (χ1n) is 25.7. The van der Waals surface area contributed by atoms with Crippen molar-refractivity contribution < 1.29 is 48.6 Å². The number of rotatable bonds is 14. The van der Waals surface area contributed by atoms with Gasteiger partial charge in [0.1, 0.15) is 17.5 Å². The molecule has 2 aromatic rings. The van der Waals surface area contributed by atoms with Crippen LogP contribution < -0.4 is 0 Å². The van der Waals surface area contributed by atoms with Crippen LogP contribution in [0.5, 0.6) is 0 Å². The lowest BCUT2D eigenvalue weighted by Gasteiger charge is -2.55. The van der Waals surface area contributed by atoms with Gasteiger partial charge in [0.15, 0.2) is 11.6 Å². The Morgan fingerprint density at radius 2 is 1.58 bits per heavy atom. The summed E-state index contributed by atoms with van der Waals surface area (Å²) in [7, 11) is 0. The highest BCUT2D eigenvalue weighted by atomic mass is 16.8. The van der Waals surface area contributed by atoms with Gasteiger partial charge in [0.2, 0.25) is 0 Å². The number of aromatic nitrogens is 3. The number of aliphatic carboxylic acids is 1. The molecule has 4 fully saturated rings. The Bertz CT molecular complexity index is 2070. The van der Waals surface area contributed by atoms with E-state index in [9.17, 15) is 24.9 Å². The van der Waals surface area contributed by atoms with Crippen LogP contribution >= 0.6 is 0 Å². The van der Waals surface area contributed by atoms with Crippen LogP contribution in [0.4, 0.5) is 0 Å². The zero-order valence-electron chi connectivity index (χ0n) is 42.7. The molecule has 5 aliphatic heterocycles. The molecule has 6 heterocycles. The number of hydrogen-bond donors (Lipinski definition) is 3. The summed E-state index contributed by atoms with van der Waals surface area (Å²) in [5, 5.41) is 42.6. The average molecular weight is 934 g/mol. The van der Waals surface area contributed by atoms with Crippen LogP contribution in [0.1, 0.15) is 166 Å². The van der Waals surface area contributed by atoms with Crippen molar-refractivity contribution in [1.29, 1.82) is 0 Å². The second-order valence-corrected chi connectivity index (χ2v) is 22.8. The monoisotopic (exact) mass is 934 g/mol. The highest BCUT2D eigenvalue weighted by molar-refractivity contribution is 5.84. The SMILES string of the molecule is CC[C@@H](C(=O)[C@@H](C)[C@@H](O)[C@H](C)[C@@H]1O[C@@H]([C@@H](CC)C(=O)O)CC[C@@H]1C)[C@H]1O[C@]2(C=C[C@H](n3cc(-c4ccc(C(C)(C)C)cc4)nn3)[C@]3(CC[C@@](C)([C@H]4CC[C@](O)(CC)[C@H](C)O4)O3)O2)[C@H](C)C[C@@H]1C. The van der Waals surface area contributed by atoms with Crippen molar-refractivity contribution in [2.24, 2.45) is 41.4 Å². The summed E-state index contributed by atoms with van der Waals surface area (Å²) in [6.07, 6.45) is 9.12. The molecule has 67 heavy (non-hydrogen) atoms. The molecule has 0 amide bonds. The van der Waals surface area contributed by atoms with Crippen molar-refractivity contribution in [3.05, 3.63) is 48.2 Å². The van der Waals surface area contributed by atoms with Crippen molar-refractivity contribution in [1.82, 2.24) is 15.0 Å². The molecule has 0 bridgehead atoms. The Labute approximate surface area is 400 Å². The van der Waals surface area contributed by atoms with Crippen molar-refractivity contribution in [3.8, 4) is 11.3 Å². The van der Waals surface area contributed by atoms with Gasteiger partial charge < -0.3 is 39.0 Å². The van der Waals surface area contributed by atoms with Crippen LogP contribution in [-0.4, -0.2) is 101 Å². The molecular formula is C54H83N3O10. The molecule has 13 heteroatoms. The number of carboxylic acid groups (broad SMARTS) is 1. The van der Waals surface area contributed by atoms with Gasteiger partial charge in [-0.3, -0.25) is 9.59 Å². The third-order valence-corrected chi connectivity index (χ3v) is 17.3. The second kappa shape index (κ2) is 19.6. The van der Waals surface area contributed by atoms with Gasteiger partial charge in [-0.15, -0.1) is 5.10 Å². The first-order valence-corrected chi connectivity index (χ1v) is 25.7. The van der Waals surface area contributed by atoms with E-state index in [1.54, 1.807) is 6.92 Å². The maximum atomic E-state index is 14.8. The first-order chi connectivity index (χ1) is 31.4. The number of carbonyl (C=O) groups excluding carboxylic acids is 1. The molecule has 374 valence electrons. The van der Waals surface area contributed by atoms with Gasteiger partial charge >= 0.3 is 5.97 Å². The summed E-state index contributed by atoms with van der Waals surface area (Å²) in [5.74, 6) is -5.76. The van der Waals surface area contributed by atoms with E-state index >= 15 is 0 Å². The first kappa shape index (κ1) is 51.8. The number of hydrogen-bond acceptors (Lipinski definition) is 11. The maximum Gasteiger partial charge on any atom is 0.309 e. The number of benzene rings is 1. The molecule has 2 spiro atoms. The molecule has 0 unspecified atom stereocenters. The minimum Gasteiger partial charge on any atom is -0.481 e. The molecule has 1 aromatic carbocycles. The molecule has 13 nitrogen and oxygen atoms in total. The van der Waals surface area contributed by atoms with Crippen molar-refractivity contribution >= 4 is 11.8 Å². The lowest BCUT2D eigenvalue weighted by molar-refractivity contribution is -0.402. The fourth-order valence-electron chi connectivity index (χ4n) is 12.5. The van der Waals surface area contributed by atoms with Gasteiger partial charge in [-0.05, 0) is 101 Å². The quantitative estimate of drug-likeness (QED) is 0.154. The van der Waals surface area contributed by atoms with Crippen LogP contribution in [-0.2, 0) is 38.7 Å². The Balaban J connectivity index is 1.17. The van der Waals surface area contributed by atoms with E-state index < -0.39 is 76.8 Å². The van der Waals surface area contributed by atoms with Gasteiger partial charge in [-0.1, -0.05) is 112 Å². The number of aliphatic hydroxyl groups excluding tert-OH is 1. The number of carboxylic acids is 1. The molecule has 5 aliphatic rings. The maximum absolute atomic E-state index is 14.8. The van der Waals surface area contributed by atoms with Crippen molar-refractivity contribution in [2.45, 2.75) is 225 Å². The summed E-state index contributed by atoms with van der Waals surface area (Å²) in [5.41, 5.74) is 1.26. The highest BCUT2D eigenvalue weighted by Gasteiger charge is 2.64. The minimum absolute atomic E-state index is 0.00170. The number of ketones is 1. The molecule has 18 atom stereocenters. The predicted octanol–water partition coefficient (Wildman–Crippen LogP) is 9.62. The third kappa shape index (κ3) is 9.87. The number of carbonyl (C=O) groups is 2. The Morgan fingerprint density at radius 1 is 0.896 bits per heavy atom. The minimum atomic E-state index is -1.26. The van der Waals surface area contributed by atoms with E-state index in [0.29, 0.717) is 51.4 Å². The van der Waals surface area contributed by atoms with Crippen molar-refractivity contribution in [3.63, 3.8) is 0 Å². The molecule has 0 saturated carbocycles. The zero-order valence-corrected chi connectivity index (χ0v) is 42.7. The summed E-state index contributed by atoms with van der Waals surface area (Å²) < 4.78 is 37.1. The summed E-state index contributed by atoms with van der Waals surface area (Å²) in [6, 6.07) is 7.93. The van der Waals surface area contributed by atoms with Crippen LogP contribution in [0.25, 0.3) is 11.3 Å². The highest BCUT2D eigenvalue weighted by Crippen LogP contribution is 2.57. The zero-order chi connectivity index (χ0) is 49.0. The normalized spacial score (nSPS) is 39.2. The van der Waals surface area contributed by atoms with Gasteiger partial charge in [0, 0.05) is 35.7 Å². The van der Waals surface area contributed by atoms with Gasteiger partial charge in [0.05, 0.1) is 59.9 Å². The Hall–Kier alpha value is -3.04. The van der Waals surface area contributed by atoms with Gasteiger partial charge in [-0.25, -0.2) is 4.68 Å². The topological polar surface area (TPSA) is 172 Å². The van der Waals surface area contributed by atoms with E-state index in [2.05, 4.69) is 83.9 Å². The molecule has 0 aliphatic carbocycles. The van der Waals surface area contributed by atoms with Crippen LogP contribution in [0, 0.1) is 41.4 Å². The lowest BCUT2D eigenvalue weighted by atomic mass is 9.72. The van der Waals surface area contributed by atoms with E-state index in [4.69, 9.17) is 28.9 Å². The molecule has 0 radical (unpaired) electrons. The molecular weight excluding hydrogens is 851 g/mol. The smallest absolute Gasteiger partial charge is 0.309 e. The number of Topliss-reactive ketones (excluding diaryl/α,β-unsaturated/α-hetero) is 1. The average Bonchev–Trinajstić information content (AvgIpc) is 3.91.